The Hall–Kier alpha value is -3.93. The summed E-state index contributed by atoms with van der Waals surface area (Å²) in [5.74, 6) is 0.650. The average molecular weight is 388 g/mol. The van der Waals surface area contributed by atoms with Crippen molar-refractivity contribution in [2.24, 2.45) is 0 Å². The topological polar surface area (TPSA) is 64.4 Å². The number of para-hydroxylation sites is 1. The normalized spacial score (nSPS) is 10.6. The van der Waals surface area contributed by atoms with E-state index in [9.17, 15) is 9.18 Å². The molecule has 0 saturated carbocycles. The summed E-state index contributed by atoms with van der Waals surface area (Å²) in [7, 11) is 1.60. The van der Waals surface area contributed by atoms with Crippen molar-refractivity contribution in [3.63, 3.8) is 0 Å². The van der Waals surface area contributed by atoms with Crippen LogP contribution < -0.4 is 10.1 Å². The van der Waals surface area contributed by atoms with Crippen molar-refractivity contribution in [1.29, 1.82) is 0 Å². The van der Waals surface area contributed by atoms with Crippen molar-refractivity contribution < 1.29 is 18.3 Å². The molecule has 0 atom stereocenters. The quantitative estimate of drug-likeness (QED) is 0.497. The Morgan fingerprint density at radius 2 is 1.72 bits per heavy atom. The van der Waals surface area contributed by atoms with E-state index in [0.29, 0.717) is 22.8 Å². The van der Waals surface area contributed by atoms with Gasteiger partial charge in [-0.05, 0) is 48.5 Å². The lowest BCUT2D eigenvalue weighted by Gasteiger charge is -2.09. The van der Waals surface area contributed by atoms with Crippen LogP contribution in [0.5, 0.6) is 5.75 Å². The number of amides is 1. The van der Waals surface area contributed by atoms with Crippen LogP contribution in [0.4, 0.5) is 10.1 Å². The standard InChI is InChI=1S/C23H17FN2O3/c1-28-16-12-10-15(11-13-16)21-14-25-23(29-21)18-7-3-2-6-17(18)22(27)26-20-9-5-4-8-19(20)24/h2-14H,1H3,(H,26,27). The molecule has 0 radical (unpaired) electrons. The van der Waals surface area contributed by atoms with Gasteiger partial charge >= 0.3 is 0 Å². The molecule has 4 rings (SSSR count). The number of rotatable bonds is 5. The van der Waals surface area contributed by atoms with Gasteiger partial charge in [-0.2, -0.15) is 0 Å². The number of benzene rings is 3. The minimum atomic E-state index is -0.503. The Kier molecular flexibility index (Phi) is 5.07. The van der Waals surface area contributed by atoms with Gasteiger partial charge in [0, 0.05) is 11.1 Å². The Balaban J connectivity index is 1.64. The van der Waals surface area contributed by atoms with Crippen LogP contribution in [0.15, 0.2) is 83.4 Å². The van der Waals surface area contributed by atoms with Gasteiger partial charge in [0.15, 0.2) is 5.76 Å². The van der Waals surface area contributed by atoms with Gasteiger partial charge in [-0.15, -0.1) is 0 Å². The number of halogens is 1. The number of ether oxygens (including phenoxy) is 1. The van der Waals surface area contributed by atoms with Gasteiger partial charge in [0.05, 0.1) is 24.6 Å². The molecule has 0 spiro atoms. The van der Waals surface area contributed by atoms with Gasteiger partial charge in [0.2, 0.25) is 5.89 Å². The van der Waals surface area contributed by atoms with Gasteiger partial charge in [0.1, 0.15) is 11.6 Å². The van der Waals surface area contributed by atoms with Crippen molar-refractivity contribution in [1.82, 2.24) is 4.98 Å². The molecule has 0 aliphatic carbocycles. The fraction of sp³-hybridized carbons (Fsp3) is 0.0435. The molecule has 0 aliphatic rings. The number of nitrogens with one attached hydrogen (secondary N) is 1. The molecule has 0 saturated heterocycles. The van der Waals surface area contributed by atoms with Crippen molar-refractivity contribution in [3.8, 4) is 28.5 Å². The van der Waals surface area contributed by atoms with E-state index in [-0.39, 0.29) is 5.69 Å². The van der Waals surface area contributed by atoms with Crippen molar-refractivity contribution in [2.75, 3.05) is 12.4 Å². The summed E-state index contributed by atoms with van der Waals surface area (Å²) in [5.41, 5.74) is 1.79. The van der Waals surface area contributed by atoms with E-state index >= 15 is 0 Å². The Bertz CT molecular complexity index is 1150. The second-order valence-electron chi connectivity index (χ2n) is 6.24. The minimum Gasteiger partial charge on any atom is -0.497 e. The predicted molar refractivity (Wildman–Crippen MR) is 108 cm³/mol. The first kappa shape index (κ1) is 18.4. The van der Waals surface area contributed by atoms with Crippen molar-refractivity contribution in [3.05, 3.63) is 90.4 Å². The summed E-state index contributed by atoms with van der Waals surface area (Å²) < 4.78 is 24.9. The lowest BCUT2D eigenvalue weighted by atomic mass is 10.1. The molecule has 1 amide bonds. The highest BCUT2D eigenvalue weighted by Gasteiger charge is 2.18. The Morgan fingerprint density at radius 1 is 1.00 bits per heavy atom. The monoisotopic (exact) mass is 388 g/mol. The molecule has 3 aromatic carbocycles. The summed E-state index contributed by atoms with van der Waals surface area (Å²) in [5, 5.41) is 2.59. The molecule has 0 fully saturated rings. The largest absolute Gasteiger partial charge is 0.497 e. The van der Waals surface area contributed by atoms with E-state index < -0.39 is 11.7 Å². The zero-order valence-electron chi connectivity index (χ0n) is 15.6. The number of carbonyl (C=O) groups excluding carboxylic acids is 1. The summed E-state index contributed by atoms with van der Waals surface area (Å²) in [6, 6.07) is 20.3. The third kappa shape index (κ3) is 3.87. The molecular weight excluding hydrogens is 371 g/mol. The average Bonchev–Trinajstić information content (AvgIpc) is 3.25. The van der Waals surface area contributed by atoms with E-state index in [1.807, 2.05) is 24.3 Å². The Morgan fingerprint density at radius 3 is 2.48 bits per heavy atom. The number of anilines is 1. The molecule has 6 heteroatoms. The molecule has 29 heavy (non-hydrogen) atoms. The number of hydrogen-bond acceptors (Lipinski definition) is 4. The van der Waals surface area contributed by atoms with Gasteiger partial charge in [0.25, 0.3) is 5.91 Å². The third-order valence-electron chi connectivity index (χ3n) is 4.40. The molecule has 4 aromatic rings. The maximum absolute atomic E-state index is 13.9. The molecule has 1 heterocycles. The van der Waals surface area contributed by atoms with Crippen LogP contribution in [0.1, 0.15) is 10.4 Å². The molecule has 0 unspecified atom stereocenters. The molecule has 0 aliphatic heterocycles. The van der Waals surface area contributed by atoms with E-state index in [1.165, 1.54) is 12.1 Å². The van der Waals surface area contributed by atoms with Crippen molar-refractivity contribution in [2.45, 2.75) is 0 Å². The lowest BCUT2D eigenvalue weighted by Crippen LogP contribution is -2.14. The first-order chi connectivity index (χ1) is 14.2. The fourth-order valence-corrected chi connectivity index (χ4v) is 2.91. The maximum Gasteiger partial charge on any atom is 0.256 e. The fourth-order valence-electron chi connectivity index (χ4n) is 2.91. The first-order valence-corrected chi connectivity index (χ1v) is 8.91. The number of nitrogens with zero attached hydrogens (tertiary/aromatic N) is 1. The second kappa shape index (κ2) is 7.98. The third-order valence-corrected chi connectivity index (χ3v) is 4.40. The molecule has 5 nitrogen and oxygen atoms in total. The van der Waals surface area contributed by atoms with Gasteiger partial charge in [-0.25, -0.2) is 9.37 Å². The van der Waals surface area contributed by atoms with Crippen LogP contribution in [0.2, 0.25) is 0 Å². The van der Waals surface area contributed by atoms with Gasteiger partial charge in [-0.3, -0.25) is 4.79 Å². The van der Waals surface area contributed by atoms with E-state index in [4.69, 9.17) is 9.15 Å². The lowest BCUT2D eigenvalue weighted by molar-refractivity contribution is 0.102. The zero-order valence-corrected chi connectivity index (χ0v) is 15.6. The summed E-state index contributed by atoms with van der Waals surface area (Å²) in [6.45, 7) is 0. The number of carbonyl (C=O) groups is 1. The highest BCUT2D eigenvalue weighted by atomic mass is 19.1. The zero-order chi connectivity index (χ0) is 20.2. The van der Waals surface area contributed by atoms with E-state index in [2.05, 4.69) is 10.3 Å². The highest BCUT2D eigenvalue weighted by Crippen LogP contribution is 2.29. The van der Waals surface area contributed by atoms with Gasteiger partial charge in [-0.1, -0.05) is 24.3 Å². The van der Waals surface area contributed by atoms with Crippen LogP contribution in [-0.4, -0.2) is 18.0 Å². The minimum absolute atomic E-state index is 0.110. The SMILES string of the molecule is COc1ccc(-c2cnc(-c3ccccc3C(=O)Nc3ccccc3F)o2)cc1. The summed E-state index contributed by atoms with van der Waals surface area (Å²) in [4.78, 5) is 17.1. The number of methoxy groups -OCH3 is 1. The second-order valence-corrected chi connectivity index (χ2v) is 6.24. The van der Waals surface area contributed by atoms with Crippen LogP contribution in [0, 0.1) is 5.82 Å². The number of oxazole rings is 1. The molecule has 144 valence electrons. The molecule has 1 aromatic heterocycles. The molecular formula is C23H17FN2O3. The van der Waals surface area contributed by atoms with Crippen LogP contribution in [-0.2, 0) is 0 Å². The van der Waals surface area contributed by atoms with E-state index in [1.54, 1.807) is 49.7 Å². The molecule has 0 bridgehead atoms. The highest BCUT2D eigenvalue weighted by molar-refractivity contribution is 6.08. The summed E-state index contributed by atoms with van der Waals surface area (Å²) >= 11 is 0. The van der Waals surface area contributed by atoms with Crippen molar-refractivity contribution >= 4 is 11.6 Å². The summed E-state index contributed by atoms with van der Waals surface area (Å²) in [6.07, 6.45) is 1.60. The maximum atomic E-state index is 13.9. The number of hydrogen-bond donors (Lipinski definition) is 1. The smallest absolute Gasteiger partial charge is 0.256 e. The van der Waals surface area contributed by atoms with E-state index in [0.717, 1.165) is 11.3 Å². The first-order valence-electron chi connectivity index (χ1n) is 8.91. The van der Waals surface area contributed by atoms with Crippen LogP contribution in [0.25, 0.3) is 22.8 Å². The van der Waals surface area contributed by atoms with Crippen LogP contribution >= 0.6 is 0 Å². The Labute approximate surface area is 166 Å². The van der Waals surface area contributed by atoms with Gasteiger partial charge < -0.3 is 14.5 Å². The molecule has 1 N–H and O–H groups in total. The van der Waals surface area contributed by atoms with Crippen LogP contribution in [0.3, 0.4) is 0 Å². The number of aromatic nitrogens is 1. The predicted octanol–water partition coefficient (Wildman–Crippen LogP) is 5.41.